The largest absolute Gasteiger partial charge is 0.399 e. The monoisotopic (exact) mass is 346 g/mol. The molecule has 2 aromatic carbocycles. The highest BCUT2D eigenvalue weighted by atomic mass is 79.9. The zero-order valence-electron chi connectivity index (χ0n) is 12.1. The van der Waals surface area contributed by atoms with Crippen LogP contribution >= 0.6 is 15.9 Å². The third kappa shape index (κ3) is 4.08. The summed E-state index contributed by atoms with van der Waals surface area (Å²) in [5.74, 6) is 0.173. The quantitative estimate of drug-likeness (QED) is 0.816. The van der Waals surface area contributed by atoms with Crippen molar-refractivity contribution < 1.29 is 4.79 Å². The van der Waals surface area contributed by atoms with Crippen LogP contribution in [0.4, 0.5) is 5.69 Å². The minimum Gasteiger partial charge on any atom is -0.399 e. The summed E-state index contributed by atoms with van der Waals surface area (Å²) in [4.78, 5) is 12.4. The topological polar surface area (TPSA) is 55.1 Å². The van der Waals surface area contributed by atoms with Gasteiger partial charge in [0.1, 0.15) is 0 Å². The van der Waals surface area contributed by atoms with Crippen LogP contribution in [-0.4, -0.2) is 5.91 Å². The number of nitrogens with one attached hydrogen (secondary N) is 1. The van der Waals surface area contributed by atoms with E-state index in [9.17, 15) is 4.79 Å². The minimum atomic E-state index is -0.120. The van der Waals surface area contributed by atoms with Crippen molar-refractivity contribution in [2.45, 2.75) is 19.9 Å². The SMILES string of the molecule is CC(C)C(NC(=O)c1cc(N)cc(Br)c1)c1ccccc1. The Morgan fingerprint density at radius 3 is 2.38 bits per heavy atom. The molecule has 110 valence electrons. The molecule has 0 aromatic heterocycles. The van der Waals surface area contributed by atoms with Gasteiger partial charge in [0.15, 0.2) is 0 Å². The molecule has 0 aliphatic carbocycles. The van der Waals surface area contributed by atoms with Gasteiger partial charge < -0.3 is 11.1 Å². The summed E-state index contributed by atoms with van der Waals surface area (Å²) < 4.78 is 0.799. The van der Waals surface area contributed by atoms with E-state index in [4.69, 9.17) is 5.73 Å². The first kappa shape index (κ1) is 15.6. The summed E-state index contributed by atoms with van der Waals surface area (Å²) in [7, 11) is 0. The maximum atomic E-state index is 12.4. The summed E-state index contributed by atoms with van der Waals surface area (Å²) in [6.45, 7) is 4.18. The van der Waals surface area contributed by atoms with E-state index in [1.807, 2.05) is 30.3 Å². The molecule has 3 N–H and O–H groups in total. The van der Waals surface area contributed by atoms with Crippen LogP contribution in [0.5, 0.6) is 0 Å². The molecule has 0 spiro atoms. The molecule has 0 aliphatic heterocycles. The van der Waals surface area contributed by atoms with Gasteiger partial charge in [0.25, 0.3) is 5.91 Å². The predicted octanol–water partition coefficient (Wildman–Crippen LogP) is 4.16. The molecule has 0 fully saturated rings. The van der Waals surface area contributed by atoms with Gasteiger partial charge in [-0.2, -0.15) is 0 Å². The summed E-state index contributed by atoms with van der Waals surface area (Å²) >= 11 is 3.36. The lowest BCUT2D eigenvalue weighted by Crippen LogP contribution is -2.31. The van der Waals surface area contributed by atoms with Gasteiger partial charge in [-0.1, -0.05) is 60.1 Å². The molecule has 3 nitrogen and oxygen atoms in total. The van der Waals surface area contributed by atoms with Crippen LogP contribution in [-0.2, 0) is 0 Å². The molecular weight excluding hydrogens is 328 g/mol. The number of rotatable bonds is 4. The molecule has 2 aromatic rings. The van der Waals surface area contributed by atoms with Crippen molar-refractivity contribution in [3.8, 4) is 0 Å². The molecule has 0 radical (unpaired) electrons. The fraction of sp³-hybridized carbons (Fsp3) is 0.235. The Labute approximate surface area is 133 Å². The van der Waals surface area contributed by atoms with Gasteiger partial charge >= 0.3 is 0 Å². The molecule has 1 amide bonds. The van der Waals surface area contributed by atoms with Crippen LogP contribution in [0, 0.1) is 5.92 Å². The van der Waals surface area contributed by atoms with Crippen molar-refractivity contribution in [1.29, 1.82) is 0 Å². The zero-order valence-corrected chi connectivity index (χ0v) is 13.7. The Balaban J connectivity index is 2.23. The van der Waals surface area contributed by atoms with Crippen LogP contribution in [0.25, 0.3) is 0 Å². The van der Waals surface area contributed by atoms with E-state index in [2.05, 4.69) is 35.1 Å². The molecule has 0 saturated heterocycles. The number of hydrogen-bond acceptors (Lipinski definition) is 2. The Bertz CT molecular complexity index is 606. The lowest BCUT2D eigenvalue weighted by molar-refractivity contribution is 0.0925. The van der Waals surface area contributed by atoms with Crippen LogP contribution < -0.4 is 11.1 Å². The third-order valence-corrected chi connectivity index (χ3v) is 3.75. The smallest absolute Gasteiger partial charge is 0.251 e. The van der Waals surface area contributed by atoms with Crippen LogP contribution in [0.1, 0.15) is 35.8 Å². The second-order valence-corrected chi connectivity index (χ2v) is 6.29. The third-order valence-electron chi connectivity index (χ3n) is 3.29. The van der Waals surface area contributed by atoms with E-state index in [0.717, 1.165) is 10.0 Å². The number of anilines is 1. The van der Waals surface area contributed by atoms with Gasteiger partial charge in [0, 0.05) is 15.7 Å². The number of nitrogens with two attached hydrogens (primary N) is 1. The average molecular weight is 347 g/mol. The first-order chi connectivity index (χ1) is 9.97. The van der Waals surface area contributed by atoms with Crippen molar-refractivity contribution >= 4 is 27.5 Å². The lowest BCUT2D eigenvalue weighted by Gasteiger charge is -2.23. The standard InChI is InChI=1S/C17H19BrN2O/c1-11(2)16(12-6-4-3-5-7-12)20-17(21)13-8-14(18)10-15(19)9-13/h3-11,16H,19H2,1-2H3,(H,20,21). The molecule has 1 unspecified atom stereocenters. The molecule has 4 heteroatoms. The second-order valence-electron chi connectivity index (χ2n) is 5.38. The van der Waals surface area contributed by atoms with E-state index >= 15 is 0 Å². The highest BCUT2D eigenvalue weighted by Crippen LogP contribution is 2.23. The number of benzene rings is 2. The lowest BCUT2D eigenvalue weighted by atomic mass is 9.95. The Kier molecular flexibility index (Phi) is 5.02. The molecular formula is C17H19BrN2O. The summed E-state index contributed by atoms with van der Waals surface area (Å²) in [6.07, 6.45) is 0. The van der Waals surface area contributed by atoms with Crippen molar-refractivity contribution in [3.63, 3.8) is 0 Å². The number of hydrogen-bond donors (Lipinski definition) is 2. The first-order valence-electron chi connectivity index (χ1n) is 6.89. The number of nitrogen functional groups attached to an aromatic ring is 1. The summed E-state index contributed by atoms with van der Waals surface area (Å²) in [5.41, 5.74) is 8.01. The summed E-state index contributed by atoms with van der Waals surface area (Å²) in [6, 6.07) is 15.2. The molecule has 0 bridgehead atoms. The van der Waals surface area contributed by atoms with E-state index in [0.29, 0.717) is 17.2 Å². The fourth-order valence-electron chi connectivity index (χ4n) is 2.26. The van der Waals surface area contributed by atoms with Crippen molar-refractivity contribution in [1.82, 2.24) is 5.32 Å². The van der Waals surface area contributed by atoms with Gasteiger partial charge in [-0.3, -0.25) is 4.79 Å². The molecule has 1 atom stereocenters. The van der Waals surface area contributed by atoms with Crippen LogP contribution in [0.15, 0.2) is 53.0 Å². The minimum absolute atomic E-state index is 0.0288. The Hall–Kier alpha value is -1.81. The van der Waals surface area contributed by atoms with E-state index in [-0.39, 0.29) is 11.9 Å². The van der Waals surface area contributed by atoms with Gasteiger partial charge in [0.05, 0.1) is 6.04 Å². The van der Waals surface area contributed by atoms with Crippen molar-refractivity contribution in [2.75, 3.05) is 5.73 Å². The predicted molar refractivity (Wildman–Crippen MR) is 90.0 cm³/mol. The molecule has 0 heterocycles. The zero-order chi connectivity index (χ0) is 15.4. The number of carbonyl (C=O) groups excluding carboxylic acids is 1. The van der Waals surface area contributed by atoms with E-state index in [1.54, 1.807) is 18.2 Å². The number of amides is 1. The first-order valence-corrected chi connectivity index (χ1v) is 7.68. The molecule has 2 rings (SSSR count). The maximum Gasteiger partial charge on any atom is 0.251 e. The molecule has 21 heavy (non-hydrogen) atoms. The average Bonchev–Trinajstić information content (AvgIpc) is 2.44. The van der Waals surface area contributed by atoms with Gasteiger partial charge in [-0.15, -0.1) is 0 Å². The number of carbonyl (C=O) groups is 1. The van der Waals surface area contributed by atoms with E-state index in [1.165, 1.54) is 0 Å². The fourth-order valence-corrected chi connectivity index (χ4v) is 2.77. The second kappa shape index (κ2) is 6.76. The van der Waals surface area contributed by atoms with Gasteiger partial charge in [-0.05, 0) is 29.7 Å². The summed E-state index contributed by atoms with van der Waals surface area (Å²) in [5, 5.41) is 3.09. The molecule has 0 saturated carbocycles. The number of halogens is 1. The van der Waals surface area contributed by atoms with Crippen LogP contribution in [0.3, 0.4) is 0 Å². The highest BCUT2D eigenvalue weighted by Gasteiger charge is 2.19. The van der Waals surface area contributed by atoms with Crippen LogP contribution in [0.2, 0.25) is 0 Å². The van der Waals surface area contributed by atoms with Crippen molar-refractivity contribution in [2.24, 2.45) is 5.92 Å². The normalized spacial score (nSPS) is 12.2. The Morgan fingerprint density at radius 2 is 1.81 bits per heavy atom. The maximum absolute atomic E-state index is 12.4. The van der Waals surface area contributed by atoms with Gasteiger partial charge in [0.2, 0.25) is 0 Å². The van der Waals surface area contributed by atoms with Gasteiger partial charge in [-0.25, -0.2) is 0 Å². The Morgan fingerprint density at radius 1 is 1.14 bits per heavy atom. The highest BCUT2D eigenvalue weighted by molar-refractivity contribution is 9.10. The van der Waals surface area contributed by atoms with Crippen molar-refractivity contribution in [3.05, 3.63) is 64.1 Å². The molecule has 0 aliphatic rings. The van der Waals surface area contributed by atoms with E-state index < -0.39 is 0 Å².